The molecule has 4 rings (SSSR count). The zero-order valence-corrected chi connectivity index (χ0v) is 17.5. The van der Waals surface area contributed by atoms with E-state index < -0.39 is 11.7 Å². The number of aromatic nitrogens is 2. The third-order valence-corrected chi connectivity index (χ3v) is 5.22. The van der Waals surface area contributed by atoms with Gasteiger partial charge in [-0.05, 0) is 30.2 Å². The number of amides is 1. The third-order valence-electron chi connectivity index (χ3n) is 4.35. The molecule has 0 aliphatic heterocycles. The second-order valence-electron chi connectivity index (χ2n) is 6.56. The number of thioether (sulfide) groups is 1. The van der Waals surface area contributed by atoms with E-state index in [1.54, 1.807) is 25.1 Å². The molecule has 0 unspecified atom stereocenters. The lowest BCUT2D eigenvalue weighted by molar-refractivity contribution is 0.168. The number of nitrogens with zero attached hydrogens (tertiary/aromatic N) is 2. The highest BCUT2D eigenvalue weighted by molar-refractivity contribution is 7.98. The quantitative estimate of drug-likeness (QED) is 0.329. The number of hydrogen-bond acceptors (Lipinski definition) is 8. The molecule has 0 aliphatic rings. The van der Waals surface area contributed by atoms with Crippen molar-refractivity contribution in [2.24, 2.45) is 0 Å². The zero-order chi connectivity index (χ0) is 21.6. The molecule has 0 bridgehead atoms. The molecule has 9 heteroatoms. The first-order valence-electron chi connectivity index (χ1n) is 9.60. The molecule has 2 aromatic heterocycles. The van der Waals surface area contributed by atoms with Crippen LogP contribution in [0.5, 0.6) is 0 Å². The summed E-state index contributed by atoms with van der Waals surface area (Å²) in [5.74, 6) is 0.973. The Morgan fingerprint density at radius 2 is 1.94 bits per heavy atom. The van der Waals surface area contributed by atoms with Gasteiger partial charge in [0.2, 0.25) is 5.89 Å². The monoisotopic (exact) mass is 437 g/mol. The maximum Gasteiger partial charge on any atom is 0.411 e. The number of benzene rings is 2. The predicted molar refractivity (Wildman–Crippen MR) is 116 cm³/mol. The van der Waals surface area contributed by atoms with Gasteiger partial charge in [-0.15, -0.1) is 10.2 Å². The van der Waals surface area contributed by atoms with E-state index >= 15 is 0 Å². The maximum atomic E-state index is 12.0. The molecule has 31 heavy (non-hydrogen) atoms. The summed E-state index contributed by atoms with van der Waals surface area (Å²) in [4.78, 5) is 23.6. The fraction of sp³-hybridized carbons (Fsp3) is 0.182. The van der Waals surface area contributed by atoms with Crippen LogP contribution in [0.3, 0.4) is 0 Å². The van der Waals surface area contributed by atoms with E-state index in [4.69, 9.17) is 13.6 Å². The predicted octanol–water partition coefficient (Wildman–Crippen LogP) is 4.63. The molecule has 0 saturated heterocycles. The topological polar surface area (TPSA) is 107 Å². The van der Waals surface area contributed by atoms with Gasteiger partial charge in [-0.25, -0.2) is 9.59 Å². The first-order valence-corrected chi connectivity index (χ1v) is 10.6. The van der Waals surface area contributed by atoms with Gasteiger partial charge in [-0.3, -0.25) is 5.32 Å². The van der Waals surface area contributed by atoms with Crippen molar-refractivity contribution in [3.8, 4) is 0 Å². The largest absolute Gasteiger partial charge is 0.450 e. The summed E-state index contributed by atoms with van der Waals surface area (Å²) >= 11 is 1.34. The van der Waals surface area contributed by atoms with Crippen LogP contribution in [0.1, 0.15) is 23.9 Å². The molecule has 4 aromatic rings. The van der Waals surface area contributed by atoms with Crippen molar-refractivity contribution in [3.63, 3.8) is 0 Å². The second kappa shape index (κ2) is 9.48. The average Bonchev–Trinajstić information content (AvgIpc) is 3.20. The fourth-order valence-electron chi connectivity index (χ4n) is 2.99. The number of fused-ring (bicyclic) bond motifs is 1. The summed E-state index contributed by atoms with van der Waals surface area (Å²) in [6, 6.07) is 16.4. The van der Waals surface area contributed by atoms with Crippen molar-refractivity contribution in [3.05, 3.63) is 82.0 Å². The number of anilines is 1. The van der Waals surface area contributed by atoms with Crippen molar-refractivity contribution in [2.75, 3.05) is 11.9 Å². The van der Waals surface area contributed by atoms with E-state index in [1.165, 1.54) is 17.8 Å². The molecule has 158 valence electrons. The van der Waals surface area contributed by atoms with Crippen LogP contribution < -0.4 is 10.9 Å². The fourth-order valence-corrected chi connectivity index (χ4v) is 3.76. The first kappa shape index (κ1) is 20.7. The van der Waals surface area contributed by atoms with Gasteiger partial charge in [-0.1, -0.05) is 42.1 Å². The Balaban J connectivity index is 1.48. The lowest BCUT2D eigenvalue weighted by Crippen LogP contribution is -2.13. The van der Waals surface area contributed by atoms with Crippen molar-refractivity contribution in [1.82, 2.24) is 10.2 Å². The van der Waals surface area contributed by atoms with Crippen LogP contribution in [0, 0.1) is 0 Å². The molecule has 0 saturated carbocycles. The Bertz CT molecular complexity index is 1250. The van der Waals surface area contributed by atoms with E-state index in [2.05, 4.69) is 15.5 Å². The summed E-state index contributed by atoms with van der Waals surface area (Å²) in [5.41, 5.74) is 2.21. The Hall–Kier alpha value is -3.59. The average molecular weight is 437 g/mol. The van der Waals surface area contributed by atoms with Gasteiger partial charge in [-0.2, -0.15) is 0 Å². The minimum Gasteiger partial charge on any atom is -0.450 e. The third kappa shape index (κ3) is 5.32. The van der Waals surface area contributed by atoms with Crippen molar-refractivity contribution < 1.29 is 18.4 Å². The van der Waals surface area contributed by atoms with E-state index in [1.807, 2.05) is 30.3 Å². The summed E-state index contributed by atoms with van der Waals surface area (Å²) < 4.78 is 15.9. The van der Waals surface area contributed by atoms with Gasteiger partial charge in [0.15, 0.2) is 0 Å². The number of carbonyl (C=O) groups excluding carboxylic acids is 1. The Kier molecular flexibility index (Phi) is 6.32. The highest BCUT2D eigenvalue weighted by Crippen LogP contribution is 2.27. The molecule has 1 N–H and O–H groups in total. The van der Waals surface area contributed by atoms with E-state index in [0.29, 0.717) is 34.6 Å². The molecule has 0 fully saturated rings. The molecule has 2 aromatic carbocycles. The normalized spacial score (nSPS) is 10.9. The van der Waals surface area contributed by atoms with Crippen LogP contribution in [0.25, 0.3) is 11.0 Å². The SMILES string of the molecule is CCOC(=O)Nc1ccc2c(CSc3nnc(Cc4ccccc4)o3)cc(=O)oc2c1. The molecular formula is C22H19N3O5S. The van der Waals surface area contributed by atoms with Crippen molar-refractivity contribution in [2.45, 2.75) is 24.3 Å². The standard InChI is InChI=1S/C22H19N3O5S/c1-2-28-21(27)23-16-8-9-17-15(11-20(26)29-18(17)12-16)13-31-22-25-24-19(30-22)10-14-6-4-3-5-7-14/h3-9,11-12H,2,10,13H2,1H3,(H,23,27). The van der Waals surface area contributed by atoms with Crippen molar-refractivity contribution >= 4 is 34.5 Å². The smallest absolute Gasteiger partial charge is 0.411 e. The van der Waals surface area contributed by atoms with Crippen LogP contribution >= 0.6 is 11.8 Å². The minimum atomic E-state index is -0.571. The molecular weight excluding hydrogens is 418 g/mol. The number of carbonyl (C=O) groups is 1. The van der Waals surface area contributed by atoms with Gasteiger partial charge in [0, 0.05) is 29.0 Å². The Labute approximate surface area is 181 Å². The van der Waals surface area contributed by atoms with Crippen LogP contribution in [-0.4, -0.2) is 22.9 Å². The van der Waals surface area contributed by atoms with E-state index in [9.17, 15) is 9.59 Å². The number of nitrogens with one attached hydrogen (secondary N) is 1. The van der Waals surface area contributed by atoms with E-state index in [0.717, 1.165) is 16.5 Å². The molecule has 2 heterocycles. The summed E-state index contributed by atoms with van der Waals surface area (Å²) in [5, 5.41) is 11.9. The summed E-state index contributed by atoms with van der Waals surface area (Å²) in [6.45, 7) is 1.98. The highest BCUT2D eigenvalue weighted by Gasteiger charge is 2.12. The summed E-state index contributed by atoms with van der Waals surface area (Å²) in [6.07, 6.45) is -0.0127. The van der Waals surface area contributed by atoms with Gasteiger partial charge in [0.1, 0.15) is 5.58 Å². The van der Waals surface area contributed by atoms with Gasteiger partial charge >= 0.3 is 11.7 Å². The lowest BCUT2D eigenvalue weighted by Gasteiger charge is -2.08. The van der Waals surface area contributed by atoms with Gasteiger partial charge in [0.25, 0.3) is 5.22 Å². The van der Waals surface area contributed by atoms with Crippen molar-refractivity contribution in [1.29, 1.82) is 0 Å². The lowest BCUT2D eigenvalue weighted by atomic mass is 10.1. The highest BCUT2D eigenvalue weighted by atomic mass is 32.2. The van der Waals surface area contributed by atoms with Crippen LogP contribution in [0.2, 0.25) is 0 Å². The molecule has 1 amide bonds. The minimum absolute atomic E-state index is 0.263. The summed E-state index contributed by atoms with van der Waals surface area (Å²) in [7, 11) is 0. The second-order valence-corrected chi connectivity index (χ2v) is 7.49. The van der Waals surface area contributed by atoms with Crippen LogP contribution in [-0.2, 0) is 16.9 Å². The molecule has 8 nitrogen and oxygen atoms in total. The van der Waals surface area contributed by atoms with Gasteiger partial charge in [0.05, 0.1) is 13.0 Å². The maximum absolute atomic E-state index is 12.0. The molecule has 0 atom stereocenters. The van der Waals surface area contributed by atoms with E-state index in [-0.39, 0.29) is 6.61 Å². The van der Waals surface area contributed by atoms with Gasteiger partial charge < -0.3 is 13.6 Å². The molecule has 0 radical (unpaired) electrons. The van der Waals surface area contributed by atoms with Crippen LogP contribution in [0.4, 0.5) is 10.5 Å². The zero-order valence-electron chi connectivity index (χ0n) is 16.7. The number of rotatable bonds is 7. The Morgan fingerprint density at radius 3 is 2.74 bits per heavy atom. The number of hydrogen-bond donors (Lipinski definition) is 1. The molecule has 0 aliphatic carbocycles. The molecule has 0 spiro atoms. The number of ether oxygens (including phenoxy) is 1. The Morgan fingerprint density at radius 1 is 1.10 bits per heavy atom. The van der Waals surface area contributed by atoms with Crippen LogP contribution in [0.15, 0.2) is 73.4 Å². The first-order chi connectivity index (χ1) is 15.1.